The van der Waals surface area contributed by atoms with E-state index in [1.165, 1.54) is 6.92 Å². The van der Waals surface area contributed by atoms with Crippen molar-refractivity contribution < 1.29 is 32.0 Å². The third kappa shape index (κ3) is 2.95. The van der Waals surface area contributed by atoms with Crippen LogP contribution in [-0.2, 0) is 18.0 Å². The fourth-order valence-corrected chi connectivity index (χ4v) is 3.03. The zero-order valence-corrected chi connectivity index (χ0v) is 14.3. The Kier molecular flexibility index (Phi) is 4.25. The van der Waals surface area contributed by atoms with Crippen LogP contribution in [0.1, 0.15) is 12.6 Å². The highest BCUT2D eigenvalue weighted by molar-refractivity contribution is 6.34. The molecule has 13 heteroatoms. The van der Waals surface area contributed by atoms with Crippen LogP contribution in [0.5, 0.6) is 5.75 Å². The van der Waals surface area contributed by atoms with Gasteiger partial charge in [-0.25, -0.2) is 4.39 Å². The average molecular weight is 409 g/mol. The molecule has 1 aromatic heterocycles. The lowest BCUT2D eigenvalue weighted by Gasteiger charge is -2.23. The number of alkyl halides is 3. The monoisotopic (exact) mass is 408 g/mol. The number of halogens is 5. The van der Waals surface area contributed by atoms with Gasteiger partial charge in [-0.3, -0.25) is 19.6 Å². The van der Waals surface area contributed by atoms with E-state index >= 15 is 0 Å². The van der Waals surface area contributed by atoms with Crippen molar-refractivity contribution in [2.45, 2.75) is 19.2 Å². The number of rotatable bonds is 2. The van der Waals surface area contributed by atoms with E-state index in [1.54, 1.807) is 0 Å². The third-order valence-electron chi connectivity index (χ3n) is 3.82. The maximum absolute atomic E-state index is 14.6. The summed E-state index contributed by atoms with van der Waals surface area (Å²) in [6.07, 6.45) is -5.97. The topological polar surface area (TPSA) is 99.3 Å². The van der Waals surface area contributed by atoms with Crippen LogP contribution in [0.3, 0.4) is 0 Å². The van der Waals surface area contributed by atoms with E-state index in [9.17, 15) is 32.5 Å². The van der Waals surface area contributed by atoms with Crippen molar-refractivity contribution in [1.29, 1.82) is 0 Å². The van der Waals surface area contributed by atoms with Crippen molar-refractivity contribution >= 4 is 28.9 Å². The first-order valence-corrected chi connectivity index (χ1v) is 7.59. The maximum Gasteiger partial charge on any atom is 0.434 e. The molecular formula is C14H9ClF4N4O4. The summed E-state index contributed by atoms with van der Waals surface area (Å²) in [5.41, 5.74) is -4.59. The van der Waals surface area contributed by atoms with Gasteiger partial charge >= 0.3 is 11.9 Å². The Morgan fingerprint density at radius 1 is 1.44 bits per heavy atom. The molecule has 1 aromatic carbocycles. The minimum Gasteiger partial charge on any atom is -0.478 e. The summed E-state index contributed by atoms with van der Waals surface area (Å²) in [6.45, 7) is 1.33. The first kappa shape index (κ1) is 18.9. The molecule has 1 atom stereocenters. The number of nitrogens with one attached hydrogen (secondary N) is 1. The van der Waals surface area contributed by atoms with Crippen LogP contribution in [0.25, 0.3) is 11.3 Å². The Labute approximate surface area is 152 Å². The van der Waals surface area contributed by atoms with Crippen LogP contribution < -0.4 is 10.1 Å². The summed E-state index contributed by atoms with van der Waals surface area (Å²) in [4.78, 5) is 22.3. The minimum absolute atomic E-state index is 0.335. The van der Waals surface area contributed by atoms with Crippen molar-refractivity contribution in [3.8, 4) is 17.0 Å². The van der Waals surface area contributed by atoms with Crippen LogP contribution in [0, 0.1) is 15.9 Å². The molecule has 1 unspecified atom stereocenters. The van der Waals surface area contributed by atoms with E-state index in [0.29, 0.717) is 10.7 Å². The van der Waals surface area contributed by atoms with Gasteiger partial charge in [-0.2, -0.15) is 18.3 Å². The minimum atomic E-state index is -4.93. The van der Waals surface area contributed by atoms with E-state index in [1.807, 2.05) is 0 Å². The summed E-state index contributed by atoms with van der Waals surface area (Å²) in [5.74, 6) is -2.36. The molecule has 1 amide bonds. The van der Waals surface area contributed by atoms with Crippen LogP contribution in [0.4, 0.5) is 28.9 Å². The van der Waals surface area contributed by atoms with Gasteiger partial charge in [-0.15, -0.1) is 0 Å². The Hall–Kier alpha value is -2.89. The molecule has 0 fully saturated rings. The lowest BCUT2D eigenvalue weighted by molar-refractivity contribution is -0.383. The third-order valence-corrected chi connectivity index (χ3v) is 4.17. The molecular weight excluding hydrogens is 400 g/mol. The molecule has 2 aromatic rings. The standard InChI is InChI=1S/C14H9ClF4N4O4/c1-4-13(24)20-9-6(27-4)3-5(16)7(11(9)23(25)26)10-8(15)12(14(17,18)19)22(2)21-10/h3-4H,1-2H3,(H,20,24). The molecule has 1 aliphatic heterocycles. The van der Waals surface area contributed by atoms with Crippen LogP contribution in [-0.4, -0.2) is 26.7 Å². The predicted octanol–water partition coefficient (Wildman–Crippen LogP) is 3.53. The molecule has 0 bridgehead atoms. The highest BCUT2D eigenvalue weighted by Crippen LogP contribution is 2.48. The number of amides is 1. The van der Waals surface area contributed by atoms with Crippen LogP contribution in [0.15, 0.2) is 6.07 Å². The van der Waals surface area contributed by atoms with Crippen molar-refractivity contribution in [2.24, 2.45) is 7.05 Å². The van der Waals surface area contributed by atoms with E-state index in [2.05, 4.69) is 10.4 Å². The second kappa shape index (κ2) is 6.08. The number of ether oxygens (including phenoxy) is 1. The molecule has 27 heavy (non-hydrogen) atoms. The molecule has 144 valence electrons. The van der Waals surface area contributed by atoms with Crippen molar-refractivity contribution in [1.82, 2.24) is 9.78 Å². The molecule has 1 aliphatic rings. The van der Waals surface area contributed by atoms with E-state index < -0.39 is 62.3 Å². The van der Waals surface area contributed by atoms with E-state index in [-0.39, 0.29) is 5.75 Å². The number of fused-ring (bicyclic) bond motifs is 1. The second-order valence-electron chi connectivity index (χ2n) is 5.59. The van der Waals surface area contributed by atoms with Crippen molar-refractivity contribution in [3.63, 3.8) is 0 Å². The number of anilines is 1. The highest BCUT2D eigenvalue weighted by atomic mass is 35.5. The van der Waals surface area contributed by atoms with Crippen molar-refractivity contribution in [3.05, 3.63) is 32.7 Å². The predicted molar refractivity (Wildman–Crippen MR) is 84.0 cm³/mol. The van der Waals surface area contributed by atoms with Gasteiger partial charge in [0.25, 0.3) is 5.91 Å². The molecule has 0 saturated heterocycles. The van der Waals surface area contributed by atoms with Gasteiger partial charge in [0, 0.05) is 13.1 Å². The first-order valence-electron chi connectivity index (χ1n) is 7.22. The number of hydrogen-bond donors (Lipinski definition) is 1. The molecule has 8 nitrogen and oxygen atoms in total. The highest BCUT2D eigenvalue weighted by Gasteiger charge is 2.42. The zero-order chi connectivity index (χ0) is 20.3. The summed E-state index contributed by atoms with van der Waals surface area (Å²) in [7, 11) is 0.910. The first-order chi connectivity index (χ1) is 12.4. The lowest BCUT2D eigenvalue weighted by Crippen LogP contribution is -2.34. The summed E-state index contributed by atoms with van der Waals surface area (Å²) in [5, 5.41) is 16.2. The number of carbonyl (C=O) groups excluding carboxylic acids is 1. The fraction of sp³-hybridized carbons (Fsp3) is 0.286. The normalized spacial score (nSPS) is 16.6. The largest absolute Gasteiger partial charge is 0.478 e. The van der Waals surface area contributed by atoms with Gasteiger partial charge in [0.05, 0.1) is 9.95 Å². The quantitative estimate of drug-likeness (QED) is 0.465. The smallest absolute Gasteiger partial charge is 0.434 e. The number of hydrogen-bond acceptors (Lipinski definition) is 5. The van der Waals surface area contributed by atoms with Gasteiger partial charge in [0.2, 0.25) is 0 Å². The molecule has 0 radical (unpaired) electrons. The van der Waals surface area contributed by atoms with Crippen LogP contribution in [0.2, 0.25) is 5.02 Å². The van der Waals surface area contributed by atoms with E-state index in [4.69, 9.17) is 16.3 Å². The summed E-state index contributed by atoms with van der Waals surface area (Å²) >= 11 is 5.72. The molecule has 0 aliphatic carbocycles. The number of benzene rings is 1. The van der Waals surface area contributed by atoms with E-state index in [0.717, 1.165) is 7.05 Å². The number of carbonyl (C=O) groups is 1. The van der Waals surface area contributed by atoms with Gasteiger partial charge in [-0.1, -0.05) is 11.6 Å². The number of aryl methyl sites for hydroxylation is 1. The molecule has 0 spiro atoms. The summed E-state index contributed by atoms with van der Waals surface area (Å²) < 4.78 is 59.5. The van der Waals surface area contributed by atoms with Crippen LogP contribution >= 0.6 is 11.6 Å². The zero-order valence-electron chi connectivity index (χ0n) is 13.5. The van der Waals surface area contributed by atoms with Crippen molar-refractivity contribution in [2.75, 3.05) is 5.32 Å². The number of nitro benzene ring substituents is 1. The SMILES string of the molecule is CC1Oc2cc(F)c(-c3nn(C)c(C(F)(F)F)c3Cl)c([N+](=O)[O-])c2NC1=O. The number of nitrogens with zero attached hydrogens (tertiary/aromatic N) is 3. The van der Waals surface area contributed by atoms with Gasteiger partial charge < -0.3 is 10.1 Å². The Bertz CT molecular complexity index is 989. The van der Waals surface area contributed by atoms with Gasteiger partial charge in [0.15, 0.2) is 23.2 Å². The lowest BCUT2D eigenvalue weighted by atomic mass is 10.0. The summed E-state index contributed by atoms with van der Waals surface area (Å²) in [6, 6.07) is 0.714. The maximum atomic E-state index is 14.6. The number of nitro groups is 1. The van der Waals surface area contributed by atoms with Gasteiger partial charge in [0.1, 0.15) is 17.1 Å². The molecule has 3 rings (SSSR count). The number of aromatic nitrogens is 2. The molecule has 0 saturated carbocycles. The van der Waals surface area contributed by atoms with Gasteiger partial charge in [-0.05, 0) is 6.92 Å². The molecule has 2 heterocycles. The Morgan fingerprint density at radius 3 is 2.59 bits per heavy atom. The molecule has 1 N–H and O–H groups in total. The fourth-order valence-electron chi connectivity index (χ4n) is 2.67. The Morgan fingerprint density at radius 2 is 2.07 bits per heavy atom. The second-order valence-corrected chi connectivity index (χ2v) is 5.97. The Balaban J connectivity index is 2.35. The average Bonchev–Trinajstić information content (AvgIpc) is 2.82.